The summed E-state index contributed by atoms with van der Waals surface area (Å²) in [4.78, 5) is 22.0. The van der Waals surface area contributed by atoms with Gasteiger partial charge in [-0.05, 0) is 35.3 Å². The van der Waals surface area contributed by atoms with Gasteiger partial charge in [-0.15, -0.1) is 11.3 Å². The first-order chi connectivity index (χ1) is 10.1. The van der Waals surface area contributed by atoms with Gasteiger partial charge in [0.25, 0.3) is 5.91 Å². The summed E-state index contributed by atoms with van der Waals surface area (Å²) in [5.74, 6) is 0.430. The molecule has 0 radical (unpaired) electrons. The number of pyridine rings is 1. The Hall–Kier alpha value is -1.47. The van der Waals surface area contributed by atoms with Crippen molar-refractivity contribution in [2.24, 2.45) is 0 Å². The molecule has 7 heteroatoms. The summed E-state index contributed by atoms with van der Waals surface area (Å²) in [7, 11) is 0. The normalized spacial score (nSPS) is 10.4. The zero-order chi connectivity index (χ0) is 15.2. The van der Waals surface area contributed by atoms with Crippen molar-refractivity contribution in [3.63, 3.8) is 0 Å². The molecular formula is C14H17BrN4OS. The number of hydrogen-bond donors (Lipinski definition) is 2. The van der Waals surface area contributed by atoms with Crippen LogP contribution in [0.1, 0.15) is 34.1 Å². The molecule has 2 rings (SSSR count). The molecule has 1 amide bonds. The van der Waals surface area contributed by atoms with Crippen LogP contribution in [0.5, 0.6) is 0 Å². The van der Waals surface area contributed by atoms with Crippen LogP contribution in [0.2, 0.25) is 0 Å². The van der Waals surface area contributed by atoms with Crippen LogP contribution in [0.15, 0.2) is 22.9 Å². The minimum absolute atomic E-state index is 0.159. The van der Waals surface area contributed by atoms with Gasteiger partial charge in [0.15, 0.2) is 0 Å². The first kappa shape index (κ1) is 15.9. The second-order valence-electron chi connectivity index (χ2n) is 4.34. The predicted molar refractivity (Wildman–Crippen MR) is 88.8 cm³/mol. The Morgan fingerprint density at radius 1 is 1.33 bits per heavy atom. The molecule has 2 aromatic rings. The molecule has 0 unspecified atom stereocenters. The van der Waals surface area contributed by atoms with Gasteiger partial charge in [0.1, 0.15) is 10.8 Å². The maximum absolute atomic E-state index is 12.3. The molecule has 0 aliphatic carbocycles. The number of nitrogens with one attached hydrogen (secondary N) is 2. The number of aryl methyl sites for hydroxylation is 1. The number of carbonyl (C=O) groups excluding carboxylic acids is 1. The summed E-state index contributed by atoms with van der Waals surface area (Å²) in [5.41, 5.74) is 0.526. The summed E-state index contributed by atoms with van der Waals surface area (Å²) in [5, 5.41) is 6.89. The summed E-state index contributed by atoms with van der Waals surface area (Å²) in [6.07, 6.45) is 4.49. The van der Waals surface area contributed by atoms with Gasteiger partial charge in [-0.3, -0.25) is 4.79 Å². The number of anilines is 1. The van der Waals surface area contributed by atoms with Gasteiger partial charge in [-0.1, -0.05) is 6.92 Å². The third kappa shape index (κ3) is 4.25. The third-order valence-electron chi connectivity index (χ3n) is 2.79. The van der Waals surface area contributed by atoms with Gasteiger partial charge in [0.2, 0.25) is 0 Å². The maximum atomic E-state index is 12.3. The molecule has 112 valence electrons. The van der Waals surface area contributed by atoms with Crippen molar-refractivity contribution >= 4 is 39.0 Å². The van der Waals surface area contributed by atoms with Crippen LogP contribution in [0.4, 0.5) is 5.82 Å². The lowest BCUT2D eigenvalue weighted by Gasteiger charge is -2.10. The van der Waals surface area contributed by atoms with E-state index in [9.17, 15) is 4.79 Å². The molecule has 2 aromatic heterocycles. The molecule has 0 saturated carbocycles. The second-order valence-corrected chi connectivity index (χ2v) is 6.45. The van der Waals surface area contributed by atoms with Crippen molar-refractivity contribution in [2.45, 2.75) is 26.8 Å². The molecule has 0 fully saturated rings. The lowest BCUT2D eigenvalue weighted by molar-refractivity contribution is 0.0951. The molecule has 2 N–H and O–H groups in total. The average Bonchev–Trinajstić information content (AvgIpc) is 2.95. The molecule has 0 atom stereocenters. The van der Waals surface area contributed by atoms with Gasteiger partial charge in [-0.2, -0.15) is 0 Å². The van der Waals surface area contributed by atoms with Gasteiger partial charge in [0, 0.05) is 28.3 Å². The number of carbonyl (C=O) groups is 1. The second kappa shape index (κ2) is 7.51. The molecule has 0 aliphatic heterocycles. The van der Waals surface area contributed by atoms with Crippen molar-refractivity contribution in [2.75, 3.05) is 11.9 Å². The van der Waals surface area contributed by atoms with E-state index in [0.717, 1.165) is 15.9 Å². The lowest BCUT2D eigenvalue weighted by Crippen LogP contribution is -2.24. The van der Waals surface area contributed by atoms with Crippen molar-refractivity contribution < 1.29 is 4.79 Å². The van der Waals surface area contributed by atoms with Crippen LogP contribution in [-0.4, -0.2) is 22.4 Å². The zero-order valence-electron chi connectivity index (χ0n) is 11.9. The van der Waals surface area contributed by atoms with E-state index in [1.54, 1.807) is 23.6 Å². The Morgan fingerprint density at radius 2 is 2.14 bits per heavy atom. The SMILES string of the molecule is CCNc1ncc(Br)cc1C(=O)NCc1ncc(CC)s1. The molecule has 0 saturated heterocycles. The van der Waals surface area contributed by atoms with Crippen LogP contribution in [0, 0.1) is 0 Å². The number of rotatable bonds is 6. The quantitative estimate of drug-likeness (QED) is 0.821. The Balaban J connectivity index is 2.07. The van der Waals surface area contributed by atoms with Gasteiger partial charge in [0.05, 0.1) is 12.1 Å². The van der Waals surface area contributed by atoms with Crippen molar-refractivity contribution in [3.05, 3.63) is 38.4 Å². The molecular weight excluding hydrogens is 352 g/mol. The van der Waals surface area contributed by atoms with Crippen molar-refractivity contribution in [3.8, 4) is 0 Å². The Bertz CT molecular complexity index is 629. The largest absolute Gasteiger partial charge is 0.370 e. The number of thiazole rings is 1. The van der Waals surface area contributed by atoms with Gasteiger partial charge < -0.3 is 10.6 Å². The average molecular weight is 369 g/mol. The highest BCUT2D eigenvalue weighted by Gasteiger charge is 2.13. The number of halogens is 1. The Morgan fingerprint density at radius 3 is 2.81 bits per heavy atom. The fourth-order valence-corrected chi connectivity index (χ4v) is 2.90. The predicted octanol–water partition coefficient (Wildman–Crippen LogP) is 3.22. The van der Waals surface area contributed by atoms with Gasteiger partial charge >= 0.3 is 0 Å². The summed E-state index contributed by atoms with van der Waals surface area (Å²) in [6.45, 7) is 5.20. The fourth-order valence-electron chi connectivity index (χ4n) is 1.76. The van der Waals surface area contributed by atoms with Gasteiger partial charge in [-0.25, -0.2) is 9.97 Å². The smallest absolute Gasteiger partial charge is 0.255 e. The van der Waals surface area contributed by atoms with Crippen molar-refractivity contribution in [1.82, 2.24) is 15.3 Å². The summed E-state index contributed by atoms with van der Waals surface area (Å²) in [6, 6.07) is 1.76. The molecule has 0 aliphatic rings. The highest BCUT2D eigenvalue weighted by molar-refractivity contribution is 9.10. The zero-order valence-corrected chi connectivity index (χ0v) is 14.3. The molecule has 5 nitrogen and oxygen atoms in total. The van der Waals surface area contributed by atoms with Crippen LogP contribution < -0.4 is 10.6 Å². The fraction of sp³-hybridized carbons (Fsp3) is 0.357. The lowest BCUT2D eigenvalue weighted by atomic mass is 10.2. The maximum Gasteiger partial charge on any atom is 0.255 e. The van der Waals surface area contributed by atoms with E-state index in [1.807, 2.05) is 13.1 Å². The molecule has 0 bridgehead atoms. The third-order valence-corrected chi connectivity index (χ3v) is 4.37. The molecule has 2 heterocycles. The van der Waals surface area contributed by atoms with Crippen LogP contribution in [0.3, 0.4) is 0 Å². The first-order valence-corrected chi connectivity index (χ1v) is 8.36. The standard InChI is InChI=1S/C14H17BrN4OS/c1-3-10-7-17-12(21-10)8-19-14(20)11-5-9(15)6-18-13(11)16-4-2/h5-7H,3-4,8H2,1-2H3,(H,16,18)(H,19,20). The summed E-state index contributed by atoms with van der Waals surface area (Å²) < 4.78 is 0.775. The van der Waals surface area contributed by atoms with Crippen LogP contribution >= 0.6 is 27.3 Å². The minimum Gasteiger partial charge on any atom is -0.370 e. The Labute approximate surface area is 136 Å². The number of aromatic nitrogens is 2. The molecule has 0 aromatic carbocycles. The minimum atomic E-state index is -0.159. The van der Waals surface area contributed by atoms with E-state index >= 15 is 0 Å². The van der Waals surface area contributed by atoms with E-state index < -0.39 is 0 Å². The number of hydrogen-bond acceptors (Lipinski definition) is 5. The number of amides is 1. The molecule has 21 heavy (non-hydrogen) atoms. The van der Waals surface area contributed by atoms with E-state index in [-0.39, 0.29) is 5.91 Å². The highest BCUT2D eigenvalue weighted by Crippen LogP contribution is 2.18. The van der Waals surface area contributed by atoms with Crippen LogP contribution in [0.25, 0.3) is 0 Å². The van der Waals surface area contributed by atoms with E-state index in [0.29, 0.717) is 24.5 Å². The van der Waals surface area contributed by atoms with E-state index in [4.69, 9.17) is 0 Å². The Kier molecular flexibility index (Phi) is 5.69. The highest BCUT2D eigenvalue weighted by atomic mass is 79.9. The monoisotopic (exact) mass is 368 g/mol. The molecule has 0 spiro atoms. The van der Waals surface area contributed by atoms with E-state index in [2.05, 4.69) is 43.5 Å². The van der Waals surface area contributed by atoms with E-state index in [1.165, 1.54) is 4.88 Å². The number of nitrogens with zero attached hydrogens (tertiary/aromatic N) is 2. The topological polar surface area (TPSA) is 66.9 Å². The summed E-state index contributed by atoms with van der Waals surface area (Å²) >= 11 is 4.97. The first-order valence-electron chi connectivity index (χ1n) is 6.75. The van der Waals surface area contributed by atoms with Crippen LogP contribution in [-0.2, 0) is 13.0 Å². The van der Waals surface area contributed by atoms with Crippen molar-refractivity contribution in [1.29, 1.82) is 0 Å².